The number of benzene rings is 2. The average Bonchev–Trinajstić information content (AvgIpc) is 3.24. The van der Waals surface area contributed by atoms with Crippen LogP contribution in [0.1, 0.15) is 24.1 Å². The molecular formula is C25H19F3N6. The van der Waals surface area contributed by atoms with Crippen molar-refractivity contribution < 1.29 is 13.2 Å². The van der Waals surface area contributed by atoms with Crippen LogP contribution >= 0.6 is 0 Å². The SMILES string of the molecule is C[C@H](Nc1nccc(-c2nc3ncccn3c2-c2cccc(C(F)(F)F)c2)n1)c1ccccc1. The molecule has 0 aliphatic rings. The van der Waals surface area contributed by atoms with Gasteiger partial charge in [0.2, 0.25) is 11.7 Å². The topological polar surface area (TPSA) is 68.0 Å². The van der Waals surface area contributed by atoms with Crippen molar-refractivity contribution in [3.63, 3.8) is 0 Å². The summed E-state index contributed by atoms with van der Waals surface area (Å²) < 4.78 is 41.9. The maximum absolute atomic E-state index is 13.4. The Morgan fingerprint density at radius 3 is 2.50 bits per heavy atom. The summed E-state index contributed by atoms with van der Waals surface area (Å²) in [7, 11) is 0. The number of imidazole rings is 1. The monoisotopic (exact) mass is 460 g/mol. The van der Waals surface area contributed by atoms with Crippen LogP contribution in [-0.2, 0) is 6.18 Å². The molecule has 0 saturated heterocycles. The summed E-state index contributed by atoms with van der Waals surface area (Å²) in [5, 5.41) is 3.27. The van der Waals surface area contributed by atoms with Crippen molar-refractivity contribution in [1.29, 1.82) is 0 Å². The van der Waals surface area contributed by atoms with E-state index in [1.54, 1.807) is 41.2 Å². The number of hydrogen-bond donors (Lipinski definition) is 1. The van der Waals surface area contributed by atoms with Gasteiger partial charge in [0.05, 0.1) is 23.0 Å². The second-order valence-electron chi connectivity index (χ2n) is 7.72. The van der Waals surface area contributed by atoms with Crippen LogP contribution in [0.3, 0.4) is 0 Å². The molecule has 6 nitrogen and oxygen atoms in total. The van der Waals surface area contributed by atoms with E-state index in [-0.39, 0.29) is 6.04 Å². The van der Waals surface area contributed by atoms with Crippen molar-refractivity contribution in [2.75, 3.05) is 5.32 Å². The van der Waals surface area contributed by atoms with E-state index in [0.717, 1.165) is 17.7 Å². The number of rotatable bonds is 5. The zero-order valence-corrected chi connectivity index (χ0v) is 18.0. The van der Waals surface area contributed by atoms with E-state index in [4.69, 9.17) is 0 Å². The lowest BCUT2D eigenvalue weighted by Crippen LogP contribution is -2.09. The van der Waals surface area contributed by atoms with Crippen molar-refractivity contribution in [2.45, 2.75) is 19.1 Å². The molecule has 2 aromatic carbocycles. The number of nitrogens with one attached hydrogen (secondary N) is 1. The van der Waals surface area contributed by atoms with Crippen molar-refractivity contribution in [3.05, 3.63) is 96.4 Å². The van der Waals surface area contributed by atoms with Gasteiger partial charge in [0.1, 0.15) is 5.69 Å². The maximum Gasteiger partial charge on any atom is 0.416 e. The summed E-state index contributed by atoms with van der Waals surface area (Å²) in [6.07, 6.45) is 0.424. The predicted molar refractivity (Wildman–Crippen MR) is 123 cm³/mol. The van der Waals surface area contributed by atoms with Crippen molar-refractivity contribution >= 4 is 11.7 Å². The van der Waals surface area contributed by atoms with Gasteiger partial charge in [0.25, 0.3) is 0 Å². The molecule has 1 N–H and O–H groups in total. The van der Waals surface area contributed by atoms with E-state index in [1.165, 1.54) is 6.07 Å². The predicted octanol–water partition coefficient (Wildman–Crippen LogP) is 6.05. The minimum absolute atomic E-state index is 0.0536. The molecule has 0 bridgehead atoms. The highest BCUT2D eigenvalue weighted by Gasteiger charge is 2.31. The molecule has 0 spiro atoms. The van der Waals surface area contributed by atoms with Gasteiger partial charge in [0, 0.05) is 24.2 Å². The zero-order chi connectivity index (χ0) is 23.7. The minimum Gasteiger partial charge on any atom is -0.348 e. The van der Waals surface area contributed by atoms with Crippen LogP contribution in [0.5, 0.6) is 0 Å². The van der Waals surface area contributed by atoms with Crippen molar-refractivity contribution in [1.82, 2.24) is 24.3 Å². The third-order valence-electron chi connectivity index (χ3n) is 5.41. The average molecular weight is 460 g/mol. The molecule has 0 aliphatic heterocycles. The molecule has 3 aromatic heterocycles. The standard InChI is InChI=1S/C25H19F3N6/c1-16(17-7-3-2-4-8-17)31-23-29-13-11-20(32-23)21-22(34-14-6-12-30-24(34)33-21)18-9-5-10-19(15-18)25(26,27)28/h2-16H,1H3,(H,29,31,32)/t16-/m0/s1. The number of nitrogens with zero attached hydrogens (tertiary/aromatic N) is 5. The summed E-state index contributed by atoms with van der Waals surface area (Å²) in [5.41, 5.74) is 2.03. The van der Waals surface area contributed by atoms with Gasteiger partial charge >= 0.3 is 6.18 Å². The zero-order valence-electron chi connectivity index (χ0n) is 18.0. The second kappa shape index (κ2) is 8.58. The fourth-order valence-electron chi connectivity index (χ4n) is 3.76. The lowest BCUT2D eigenvalue weighted by Gasteiger charge is -2.14. The Morgan fingerprint density at radius 1 is 0.882 bits per heavy atom. The molecule has 0 unspecified atom stereocenters. The third kappa shape index (κ3) is 4.19. The number of anilines is 1. The number of aromatic nitrogens is 5. The minimum atomic E-state index is -4.46. The maximum atomic E-state index is 13.4. The molecule has 170 valence electrons. The highest BCUT2D eigenvalue weighted by atomic mass is 19.4. The van der Waals surface area contributed by atoms with Gasteiger partial charge in [-0.15, -0.1) is 0 Å². The van der Waals surface area contributed by atoms with E-state index in [9.17, 15) is 13.2 Å². The molecule has 0 saturated carbocycles. The molecule has 3 heterocycles. The van der Waals surface area contributed by atoms with Crippen LogP contribution in [-0.4, -0.2) is 24.3 Å². The quantitative estimate of drug-likeness (QED) is 0.346. The molecule has 5 aromatic rings. The molecule has 0 fully saturated rings. The van der Waals surface area contributed by atoms with E-state index in [1.807, 2.05) is 37.3 Å². The van der Waals surface area contributed by atoms with E-state index in [2.05, 4.69) is 25.3 Å². The first-order chi connectivity index (χ1) is 16.4. The highest BCUT2D eigenvalue weighted by Crippen LogP contribution is 2.36. The lowest BCUT2D eigenvalue weighted by atomic mass is 10.0. The molecular weight excluding hydrogens is 441 g/mol. The lowest BCUT2D eigenvalue weighted by molar-refractivity contribution is -0.137. The largest absolute Gasteiger partial charge is 0.416 e. The van der Waals surface area contributed by atoms with Crippen molar-refractivity contribution in [3.8, 4) is 22.6 Å². The Balaban J connectivity index is 1.60. The van der Waals surface area contributed by atoms with Gasteiger partial charge in [-0.3, -0.25) is 4.40 Å². The summed E-state index contributed by atoms with van der Waals surface area (Å²) in [6, 6.07) is 18.3. The Morgan fingerprint density at radius 2 is 1.71 bits per heavy atom. The van der Waals surface area contributed by atoms with Crippen LogP contribution in [0.4, 0.5) is 19.1 Å². The molecule has 1 atom stereocenters. The van der Waals surface area contributed by atoms with Crippen LogP contribution in [0.2, 0.25) is 0 Å². The summed E-state index contributed by atoms with van der Waals surface area (Å²) in [4.78, 5) is 17.8. The van der Waals surface area contributed by atoms with Gasteiger partial charge in [0.15, 0.2) is 0 Å². The molecule has 34 heavy (non-hydrogen) atoms. The van der Waals surface area contributed by atoms with Crippen LogP contribution in [0, 0.1) is 0 Å². The Labute approximate surface area is 193 Å². The molecule has 0 radical (unpaired) electrons. The highest BCUT2D eigenvalue weighted by molar-refractivity contribution is 5.80. The fraction of sp³-hybridized carbons (Fsp3) is 0.120. The molecule has 5 rings (SSSR count). The number of halogens is 3. The van der Waals surface area contributed by atoms with E-state index < -0.39 is 11.7 Å². The Bertz CT molecular complexity index is 1450. The van der Waals surface area contributed by atoms with Crippen LogP contribution in [0.25, 0.3) is 28.4 Å². The molecule has 0 aliphatic carbocycles. The first-order valence-corrected chi connectivity index (χ1v) is 10.6. The first kappa shape index (κ1) is 21.6. The van der Waals surface area contributed by atoms with Crippen LogP contribution in [0.15, 0.2) is 85.3 Å². The Hall–Kier alpha value is -4.27. The third-order valence-corrected chi connectivity index (χ3v) is 5.41. The fourth-order valence-corrected chi connectivity index (χ4v) is 3.76. The van der Waals surface area contributed by atoms with Gasteiger partial charge in [-0.05, 0) is 36.8 Å². The van der Waals surface area contributed by atoms with Crippen molar-refractivity contribution in [2.24, 2.45) is 0 Å². The van der Waals surface area contributed by atoms with Gasteiger partial charge in [-0.2, -0.15) is 13.2 Å². The smallest absolute Gasteiger partial charge is 0.348 e. The number of fused-ring (bicyclic) bond motifs is 1. The summed E-state index contributed by atoms with van der Waals surface area (Å²) in [5.74, 6) is 0.740. The van der Waals surface area contributed by atoms with Gasteiger partial charge in [-0.25, -0.2) is 19.9 Å². The summed E-state index contributed by atoms with van der Waals surface area (Å²) >= 11 is 0. The van der Waals surface area contributed by atoms with Crippen LogP contribution < -0.4 is 5.32 Å². The number of alkyl halides is 3. The second-order valence-corrected chi connectivity index (χ2v) is 7.72. The molecule has 9 heteroatoms. The summed E-state index contributed by atoms with van der Waals surface area (Å²) in [6.45, 7) is 1.99. The Kier molecular flexibility index (Phi) is 5.45. The van der Waals surface area contributed by atoms with Gasteiger partial charge in [-0.1, -0.05) is 42.5 Å². The van der Waals surface area contributed by atoms with Gasteiger partial charge < -0.3 is 5.32 Å². The van der Waals surface area contributed by atoms with E-state index in [0.29, 0.717) is 34.4 Å². The van der Waals surface area contributed by atoms with E-state index >= 15 is 0 Å². The number of hydrogen-bond acceptors (Lipinski definition) is 5. The normalized spacial score (nSPS) is 12.6. The molecule has 0 amide bonds. The first-order valence-electron chi connectivity index (χ1n) is 10.6.